The molecule has 0 amide bonds. The highest BCUT2D eigenvalue weighted by molar-refractivity contribution is 6.29. The Kier molecular flexibility index (Phi) is 5.92. The first-order valence-electron chi connectivity index (χ1n) is 19.2. The van der Waals surface area contributed by atoms with Gasteiger partial charge in [0.05, 0.1) is 0 Å². The number of fused-ring (bicyclic) bond motifs is 18. The van der Waals surface area contributed by atoms with Crippen LogP contribution < -0.4 is 0 Å². The lowest BCUT2D eigenvalue weighted by Crippen LogP contribution is -1.85. The van der Waals surface area contributed by atoms with Gasteiger partial charge in [-0.2, -0.15) is 0 Å². The van der Waals surface area contributed by atoms with Crippen molar-refractivity contribution in [3.8, 4) is 22.3 Å². The molecule has 0 saturated heterocycles. The summed E-state index contributed by atoms with van der Waals surface area (Å²) in [5.41, 5.74) is 8.25. The Morgan fingerprint density at radius 1 is 0.179 bits per heavy atom. The molecule has 0 aliphatic rings. The average molecular weight is 711 g/mol. The maximum absolute atomic E-state index is 6.67. The third-order valence-electron chi connectivity index (χ3n) is 12.2. The predicted molar refractivity (Wildman–Crippen MR) is 237 cm³/mol. The van der Waals surface area contributed by atoms with Gasteiger partial charge in [-0.3, -0.25) is 0 Å². The molecule has 11 aromatic carbocycles. The molecule has 2 heteroatoms. The zero-order valence-electron chi connectivity index (χ0n) is 30.1. The van der Waals surface area contributed by atoms with E-state index in [1.165, 1.54) is 70.2 Å². The van der Waals surface area contributed by atoms with E-state index in [-0.39, 0.29) is 0 Å². The number of hydrogen-bond donors (Lipinski definition) is 0. The Hall–Kier alpha value is -7.42. The van der Waals surface area contributed by atoms with E-state index >= 15 is 0 Å². The highest BCUT2D eigenvalue weighted by Gasteiger charge is 2.16. The Bertz CT molecular complexity index is 3790. The van der Waals surface area contributed by atoms with E-state index in [0.29, 0.717) is 0 Å². The largest absolute Gasteiger partial charge is 0.456 e. The van der Waals surface area contributed by atoms with Crippen molar-refractivity contribution >= 4 is 109 Å². The number of rotatable bonds is 2. The van der Waals surface area contributed by atoms with Crippen LogP contribution in [-0.4, -0.2) is 0 Å². The van der Waals surface area contributed by atoms with Crippen LogP contribution in [0.5, 0.6) is 0 Å². The zero-order chi connectivity index (χ0) is 36.5. The second kappa shape index (κ2) is 11.1. The van der Waals surface area contributed by atoms with Crippen LogP contribution in [0.3, 0.4) is 0 Å². The van der Waals surface area contributed by atoms with Gasteiger partial charge < -0.3 is 8.83 Å². The Labute approximate surface area is 320 Å². The SMILES string of the molecule is c1ccc2c(c1)oc1cc3c4ccccc4c4cc(-c5ccc6c(c5)oc5cc(-c7ccc8c9ccccc9c9ccccc9c8c7)ccc56)ccc4c3cc12. The smallest absolute Gasteiger partial charge is 0.136 e. The number of furan rings is 2. The number of benzene rings is 11. The minimum absolute atomic E-state index is 0.892. The molecule has 258 valence electrons. The molecule has 56 heavy (non-hydrogen) atoms. The van der Waals surface area contributed by atoms with E-state index < -0.39 is 0 Å². The Morgan fingerprint density at radius 2 is 0.482 bits per heavy atom. The summed E-state index contributed by atoms with van der Waals surface area (Å²) in [7, 11) is 0. The van der Waals surface area contributed by atoms with Gasteiger partial charge in [-0.25, -0.2) is 0 Å². The molecule has 0 fully saturated rings. The van der Waals surface area contributed by atoms with Crippen LogP contribution in [0.4, 0.5) is 0 Å². The lowest BCUT2D eigenvalue weighted by atomic mass is 9.91. The summed E-state index contributed by atoms with van der Waals surface area (Å²) in [5.74, 6) is 0. The van der Waals surface area contributed by atoms with Crippen LogP contribution in [-0.2, 0) is 0 Å². The van der Waals surface area contributed by atoms with Gasteiger partial charge in [0.1, 0.15) is 22.3 Å². The van der Waals surface area contributed by atoms with Crippen LogP contribution in [0.15, 0.2) is 191 Å². The van der Waals surface area contributed by atoms with Gasteiger partial charge in [0.15, 0.2) is 0 Å². The topological polar surface area (TPSA) is 26.3 Å². The van der Waals surface area contributed by atoms with Crippen molar-refractivity contribution in [3.05, 3.63) is 182 Å². The molecule has 13 rings (SSSR count). The summed E-state index contributed by atoms with van der Waals surface area (Å²) in [6.45, 7) is 0. The maximum Gasteiger partial charge on any atom is 0.136 e. The minimum atomic E-state index is 0.892. The molecule has 2 aromatic heterocycles. The third kappa shape index (κ3) is 4.16. The summed E-state index contributed by atoms with van der Waals surface area (Å²) in [5, 5.41) is 19.6. The van der Waals surface area contributed by atoms with Gasteiger partial charge in [-0.1, -0.05) is 127 Å². The normalized spacial score (nSPS) is 12.3. The Balaban J connectivity index is 0.944. The van der Waals surface area contributed by atoms with Crippen molar-refractivity contribution in [3.63, 3.8) is 0 Å². The van der Waals surface area contributed by atoms with E-state index in [4.69, 9.17) is 8.83 Å². The molecule has 0 atom stereocenters. The molecule has 2 heterocycles. The summed E-state index contributed by atoms with van der Waals surface area (Å²) in [4.78, 5) is 0. The van der Waals surface area contributed by atoms with E-state index in [2.05, 4.69) is 170 Å². The van der Waals surface area contributed by atoms with Crippen molar-refractivity contribution in [2.75, 3.05) is 0 Å². The molecule has 0 aliphatic carbocycles. The molecule has 0 unspecified atom stereocenters. The maximum atomic E-state index is 6.67. The molecule has 0 aliphatic heterocycles. The molecule has 0 saturated carbocycles. The van der Waals surface area contributed by atoms with E-state index in [9.17, 15) is 0 Å². The first-order valence-corrected chi connectivity index (χ1v) is 19.2. The highest BCUT2D eigenvalue weighted by atomic mass is 16.3. The fourth-order valence-corrected chi connectivity index (χ4v) is 9.57. The monoisotopic (exact) mass is 710 g/mol. The third-order valence-corrected chi connectivity index (χ3v) is 12.2. The van der Waals surface area contributed by atoms with E-state index in [1.807, 2.05) is 12.1 Å². The minimum Gasteiger partial charge on any atom is -0.456 e. The molecule has 2 nitrogen and oxygen atoms in total. The average Bonchev–Trinajstić information content (AvgIpc) is 3.82. The molecule has 0 radical (unpaired) electrons. The zero-order valence-corrected chi connectivity index (χ0v) is 30.1. The van der Waals surface area contributed by atoms with Gasteiger partial charge in [0.25, 0.3) is 0 Å². The quantitative estimate of drug-likeness (QED) is 0.167. The van der Waals surface area contributed by atoms with Crippen LogP contribution in [0, 0.1) is 0 Å². The summed E-state index contributed by atoms with van der Waals surface area (Å²) in [6, 6.07) is 66.1. The van der Waals surface area contributed by atoms with Crippen LogP contribution >= 0.6 is 0 Å². The van der Waals surface area contributed by atoms with Gasteiger partial charge in [-0.05, 0) is 141 Å². The predicted octanol–water partition coefficient (Wildman–Crippen LogP) is 15.7. The highest BCUT2D eigenvalue weighted by Crippen LogP contribution is 2.43. The summed E-state index contributed by atoms with van der Waals surface area (Å²) >= 11 is 0. The van der Waals surface area contributed by atoms with Crippen molar-refractivity contribution in [2.24, 2.45) is 0 Å². The molecule has 0 bridgehead atoms. The summed E-state index contributed by atoms with van der Waals surface area (Å²) < 4.78 is 13.0. The van der Waals surface area contributed by atoms with Crippen molar-refractivity contribution in [1.29, 1.82) is 0 Å². The van der Waals surface area contributed by atoms with Crippen molar-refractivity contribution < 1.29 is 8.83 Å². The Morgan fingerprint density at radius 3 is 1.00 bits per heavy atom. The molecular weight excluding hydrogens is 681 g/mol. The van der Waals surface area contributed by atoms with Crippen LogP contribution in [0.1, 0.15) is 0 Å². The number of hydrogen-bond acceptors (Lipinski definition) is 2. The second-order valence-corrected chi connectivity index (χ2v) is 15.2. The number of para-hydroxylation sites is 1. The molecular formula is C54H30O2. The van der Waals surface area contributed by atoms with Gasteiger partial charge >= 0.3 is 0 Å². The van der Waals surface area contributed by atoms with E-state index in [1.54, 1.807) is 0 Å². The first-order chi connectivity index (χ1) is 27.7. The van der Waals surface area contributed by atoms with Crippen LogP contribution in [0.2, 0.25) is 0 Å². The lowest BCUT2D eigenvalue weighted by molar-refractivity contribution is 0.669. The van der Waals surface area contributed by atoms with Gasteiger partial charge in [0.2, 0.25) is 0 Å². The second-order valence-electron chi connectivity index (χ2n) is 15.2. The van der Waals surface area contributed by atoms with Crippen molar-refractivity contribution in [2.45, 2.75) is 0 Å². The summed E-state index contributed by atoms with van der Waals surface area (Å²) in [6.07, 6.45) is 0. The standard InChI is InChI=1S/C54H30O2/c1-2-11-37-35(9-1)36-10-3-4-12-38(36)46-25-31(17-21-41(37)46)33-19-23-44-45-24-20-34(28-53(45)56-52(44)27-33)32-18-22-42-47(26-32)39-13-5-6-14-40(39)49-30-54-50(29-48(42)49)43-15-7-8-16-51(43)55-54/h1-30H. The molecule has 0 N–H and O–H groups in total. The first kappa shape index (κ1) is 30.0. The lowest BCUT2D eigenvalue weighted by Gasteiger charge is -2.12. The van der Waals surface area contributed by atoms with Gasteiger partial charge in [0, 0.05) is 21.5 Å². The van der Waals surface area contributed by atoms with Crippen LogP contribution in [0.25, 0.3) is 131 Å². The van der Waals surface area contributed by atoms with Gasteiger partial charge in [-0.15, -0.1) is 0 Å². The molecule has 13 aromatic rings. The fourth-order valence-electron chi connectivity index (χ4n) is 9.57. The fraction of sp³-hybridized carbons (Fsp3) is 0. The van der Waals surface area contributed by atoms with Crippen molar-refractivity contribution in [1.82, 2.24) is 0 Å². The van der Waals surface area contributed by atoms with E-state index in [0.717, 1.165) is 60.6 Å². The molecule has 0 spiro atoms.